The molecule has 21 heavy (non-hydrogen) atoms. The van der Waals surface area contributed by atoms with Crippen molar-refractivity contribution < 1.29 is 13.2 Å². The zero-order valence-electron chi connectivity index (χ0n) is 13.0. The van der Waals surface area contributed by atoms with Crippen LogP contribution in [0.5, 0.6) is 0 Å². The molecule has 0 aromatic carbocycles. The Balaban J connectivity index is 2.95. The number of sulfonamides is 1. The second-order valence-corrected chi connectivity index (χ2v) is 7.74. The van der Waals surface area contributed by atoms with Crippen molar-refractivity contribution in [1.82, 2.24) is 15.5 Å². The maximum atomic E-state index is 12.1. The van der Waals surface area contributed by atoms with Gasteiger partial charge < -0.3 is 5.32 Å². The molecule has 0 saturated heterocycles. The van der Waals surface area contributed by atoms with E-state index < -0.39 is 15.9 Å². The highest BCUT2D eigenvalue weighted by atomic mass is 32.2. The number of hydrogen-bond donors (Lipinski definition) is 3. The average Bonchev–Trinajstić information content (AvgIpc) is 2.71. The molecule has 0 fully saturated rings. The fraction of sp³-hybridized carbons (Fsp3) is 0.692. The molecule has 1 aromatic rings. The molecule has 1 amide bonds. The van der Waals surface area contributed by atoms with Crippen LogP contribution in [0.25, 0.3) is 0 Å². The molecule has 0 spiro atoms. The van der Waals surface area contributed by atoms with Crippen LogP contribution in [0.1, 0.15) is 56.7 Å². The van der Waals surface area contributed by atoms with Gasteiger partial charge in [-0.1, -0.05) is 34.1 Å². The molecule has 0 radical (unpaired) electrons. The first kappa shape index (κ1) is 17.6. The molecular formula is C13H24N4O3S. The first-order chi connectivity index (χ1) is 9.56. The summed E-state index contributed by atoms with van der Waals surface area (Å²) in [5, 5.41) is 14.3. The maximum Gasteiger partial charge on any atom is 0.273 e. The molecule has 0 aliphatic heterocycles. The van der Waals surface area contributed by atoms with Crippen molar-refractivity contribution in [3.8, 4) is 0 Å². The smallest absolute Gasteiger partial charge is 0.273 e. The third-order valence-electron chi connectivity index (χ3n) is 2.95. The largest absolute Gasteiger partial charge is 0.351 e. The summed E-state index contributed by atoms with van der Waals surface area (Å²) in [6.45, 7) is 8.52. The van der Waals surface area contributed by atoms with E-state index >= 15 is 0 Å². The number of rotatable bonds is 6. The summed E-state index contributed by atoms with van der Waals surface area (Å²) in [5.74, 6) is -0.526. The van der Waals surface area contributed by atoms with Crippen LogP contribution >= 0.6 is 0 Å². The van der Waals surface area contributed by atoms with Crippen LogP contribution in [0.4, 0.5) is 0 Å². The molecule has 0 unspecified atom stereocenters. The lowest BCUT2D eigenvalue weighted by Gasteiger charge is -2.17. The average molecular weight is 316 g/mol. The van der Waals surface area contributed by atoms with Gasteiger partial charge in [0.2, 0.25) is 10.0 Å². The molecule has 120 valence electrons. The van der Waals surface area contributed by atoms with Crippen molar-refractivity contribution in [2.45, 2.75) is 51.9 Å². The number of aromatic nitrogens is 2. The van der Waals surface area contributed by atoms with Gasteiger partial charge in [0.1, 0.15) is 4.90 Å². The van der Waals surface area contributed by atoms with Crippen molar-refractivity contribution in [3.05, 3.63) is 11.4 Å². The zero-order chi connectivity index (χ0) is 16.3. The molecule has 4 N–H and O–H groups in total. The summed E-state index contributed by atoms with van der Waals surface area (Å²) >= 11 is 0. The van der Waals surface area contributed by atoms with E-state index in [2.05, 4.69) is 36.3 Å². The molecule has 0 bridgehead atoms. The van der Waals surface area contributed by atoms with E-state index in [0.717, 1.165) is 12.8 Å². The molecular weight excluding hydrogens is 292 g/mol. The van der Waals surface area contributed by atoms with Gasteiger partial charge in [0.15, 0.2) is 5.69 Å². The molecule has 0 aliphatic rings. The highest BCUT2D eigenvalue weighted by molar-refractivity contribution is 7.89. The molecule has 1 heterocycles. The zero-order valence-corrected chi connectivity index (χ0v) is 13.8. The van der Waals surface area contributed by atoms with Crippen LogP contribution in [-0.2, 0) is 16.4 Å². The first-order valence-corrected chi connectivity index (χ1v) is 8.49. The standard InChI is InChI=1S/C13H24N4O3S/c1-5-6-9-11(21(14,19)20)10(17-16-9)12(18)15-8-7-13(2,3)4/h5-8H2,1-4H3,(H,15,18)(H,16,17)(H2,14,19,20). The number of primary sulfonamides is 1. The Morgan fingerprint density at radius 3 is 2.48 bits per heavy atom. The fourth-order valence-electron chi connectivity index (χ4n) is 1.88. The lowest BCUT2D eigenvalue weighted by atomic mass is 9.92. The minimum Gasteiger partial charge on any atom is -0.351 e. The summed E-state index contributed by atoms with van der Waals surface area (Å²) in [5.41, 5.74) is 0.297. The van der Waals surface area contributed by atoms with Gasteiger partial charge in [-0.15, -0.1) is 0 Å². The van der Waals surface area contributed by atoms with Crippen molar-refractivity contribution >= 4 is 15.9 Å². The number of nitrogens with zero attached hydrogens (tertiary/aromatic N) is 1. The first-order valence-electron chi connectivity index (χ1n) is 6.94. The number of nitrogens with two attached hydrogens (primary N) is 1. The van der Waals surface area contributed by atoms with E-state index in [1.165, 1.54) is 0 Å². The molecule has 0 atom stereocenters. The van der Waals surface area contributed by atoms with Gasteiger partial charge in [-0.2, -0.15) is 5.10 Å². The quantitative estimate of drug-likeness (QED) is 0.730. The highest BCUT2D eigenvalue weighted by Gasteiger charge is 2.27. The van der Waals surface area contributed by atoms with E-state index in [-0.39, 0.29) is 16.0 Å². The van der Waals surface area contributed by atoms with Crippen molar-refractivity contribution in [3.63, 3.8) is 0 Å². The summed E-state index contributed by atoms with van der Waals surface area (Å²) in [6, 6.07) is 0. The Morgan fingerprint density at radius 1 is 1.38 bits per heavy atom. The summed E-state index contributed by atoms with van der Waals surface area (Å²) in [7, 11) is -4.00. The minimum absolute atomic E-state index is 0.0784. The SMILES string of the molecule is CCCc1[nH]nc(C(=O)NCCC(C)(C)C)c1S(N)(=O)=O. The van der Waals surface area contributed by atoms with Gasteiger partial charge in [0.05, 0.1) is 5.69 Å². The Kier molecular flexibility index (Phi) is 5.52. The second kappa shape index (κ2) is 6.57. The summed E-state index contributed by atoms with van der Waals surface area (Å²) < 4.78 is 23.4. The van der Waals surface area contributed by atoms with Gasteiger partial charge in [-0.3, -0.25) is 9.89 Å². The number of carbonyl (C=O) groups is 1. The number of hydrogen-bond acceptors (Lipinski definition) is 4. The van der Waals surface area contributed by atoms with Crippen molar-refractivity contribution in [2.75, 3.05) is 6.54 Å². The normalized spacial score (nSPS) is 12.4. The van der Waals surface area contributed by atoms with Gasteiger partial charge in [0.25, 0.3) is 5.91 Å². The van der Waals surface area contributed by atoms with E-state index in [0.29, 0.717) is 18.7 Å². The maximum absolute atomic E-state index is 12.1. The van der Waals surface area contributed by atoms with E-state index in [1.54, 1.807) is 0 Å². The number of H-pyrrole nitrogens is 1. The predicted octanol–water partition coefficient (Wildman–Crippen LogP) is 1.18. The van der Waals surface area contributed by atoms with Crippen LogP contribution in [-0.4, -0.2) is 31.1 Å². The van der Waals surface area contributed by atoms with Crippen molar-refractivity contribution in [2.24, 2.45) is 10.6 Å². The summed E-state index contributed by atoms with van der Waals surface area (Å²) in [6.07, 6.45) is 1.96. The van der Waals surface area contributed by atoms with Crippen LogP contribution < -0.4 is 10.5 Å². The summed E-state index contributed by atoms with van der Waals surface area (Å²) in [4.78, 5) is 11.9. The Bertz CT molecular complexity index is 599. The second-order valence-electron chi connectivity index (χ2n) is 6.24. The Labute approximate surface area is 125 Å². The lowest BCUT2D eigenvalue weighted by Crippen LogP contribution is -2.29. The Hall–Kier alpha value is -1.41. The number of carbonyl (C=O) groups excluding carboxylic acids is 1. The molecule has 1 rings (SSSR count). The van der Waals surface area contributed by atoms with Crippen molar-refractivity contribution in [1.29, 1.82) is 0 Å². The van der Waals surface area contributed by atoms with E-state index in [1.807, 2.05) is 6.92 Å². The Morgan fingerprint density at radius 2 is 2.00 bits per heavy atom. The third kappa shape index (κ3) is 5.13. The number of nitrogens with one attached hydrogen (secondary N) is 2. The predicted molar refractivity (Wildman–Crippen MR) is 80.4 cm³/mol. The van der Waals surface area contributed by atoms with Crippen LogP contribution in [0.15, 0.2) is 4.90 Å². The molecule has 0 aliphatic carbocycles. The van der Waals surface area contributed by atoms with Crippen LogP contribution in [0, 0.1) is 5.41 Å². The number of aryl methyl sites for hydroxylation is 1. The molecule has 0 saturated carbocycles. The van der Waals surface area contributed by atoms with Crippen LogP contribution in [0.2, 0.25) is 0 Å². The molecule has 8 heteroatoms. The lowest BCUT2D eigenvalue weighted by molar-refractivity contribution is 0.0941. The monoisotopic (exact) mass is 316 g/mol. The highest BCUT2D eigenvalue weighted by Crippen LogP contribution is 2.19. The molecule has 1 aromatic heterocycles. The van der Waals surface area contributed by atoms with Gasteiger partial charge >= 0.3 is 0 Å². The third-order valence-corrected chi connectivity index (χ3v) is 3.96. The fourth-order valence-corrected chi connectivity index (χ4v) is 2.78. The molecule has 7 nitrogen and oxygen atoms in total. The van der Waals surface area contributed by atoms with Gasteiger partial charge in [-0.05, 0) is 18.3 Å². The van der Waals surface area contributed by atoms with Gasteiger partial charge in [-0.25, -0.2) is 13.6 Å². The van der Waals surface area contributed by atoms with E-state index in [4.69, 9.17) is 5.14 Å². The number of amides is 1. The number of aromatic amines is 1. The van der Waals surface area contributed by atoms with Crippen LogP contribution in [0.3, 0.4) is 0 Å². The van der Waals surface area contributed by atoms with E-state index in [9.17, 15) is 13.2 Å². The van der Waals surface area contributed by atoms with Gasteiger partial charge in [0, 0.05) is 6.54 Å². The topological polar surface area (TPSA) is 118 Å². The minimum atomic E-state index is -4.00.